The Labute approximate surface area is 186 Å². The molecule has 0 amide bonds. The Balaban J connectivity index is 0.000000239. The van der Waals surface area contributed by atoms with Crippen LogP contribution in [0.1, 0.15) is 0 Å². The van der Waals surface area contributed by atoms with Crippen molar-refractivity contribution >= 4 is 0 Å². The Bertz CT molecular complexity index is 721. The van der Waals surface area contributed by atoms with E-state index in [1.54, 1.807) is 12.4 Å². The van der Waals surface area contributed by atoms with Crippen LogP contribution in [0, 0.1) is 12.1 Å². The van der Waals surface area contributed by atoms with Gasteiger partial charge >= 0.3 is 0 Å². The minimum Gasteiger partial charge on any atom is -0.679 e. The molecule has 4 aromatic rings. The van der Waals surface area contributed by atoms with Crippen molar-refractivity contribution in [3.8, 4) is 22.5 Å². The summed E-state index contributed by atoms with van der Waals surface area (Å²) in [6, 6.07) is 33.6. The van der Waals surface area contributed by atoms with Crippen LogP contribution in [0.4, 0.5) is 0 Å². The van der Waals surface area contributed by atoms with Crippen LogP contribution in [0.2, 0.25) is 0 Å². The maximum Gasteiger partial charge on any atom is 0.0160 e. The average Bonchev–Trinajstić information content (AvgIpc) is 2.82. The molecule has 0 spiro atoms. The van der Waals surface area contributed by atoms with E-state index in [9.17, 15) is 0 Å². The van der Waals surface area contributed by atoms with E-state index in [4.69, 9.17) is 11.5 Å². The Morgan fingerprint density at radius 2 is 1.00 bits per heavy atom. The second kappa shape index (κ2) is 15.3. The largest absolute Gasteiger partial charge is 0.679 e. The second-order valence-corrected chi connectivity index (χ2v) is 5.48. The number of hydrogen-bond acceptors (Lipinski definition) is 2. The maximum absolute atomic E-state index is 6.26. The van der Waals surface area contributed by atoms with E-state index >= 15 is 0 Å². The monoisotopic (exact) mass is 559 g/mol. The van der Waals surface area contributed by atoms with Gasteiger partial charge in [-0.05, 0) is 23.5 Å². The van der Waals surface area contributed by atoms with Gasteiger partial charge in [0.25, 0.3) is 0 Å². The summed E-state index contributed by atoms with van der Waals surface area (Å²) in [6.07, 6.45) is 3.58. The second-order valence-electron chi connectivity index (χ2n) is 5.48. The Hall–Kier alpha value is -2.69. The number of hydrogen-bond donors (Lipinski definition) is 0. The van der Waals surface area contributed by atoms with Crippen LogP contribution in [0.15, 0.2) is 97.3 Å². The van der Waals surface area contributed by atoms with Gasteiger partial charge in [0.05, 0.1) is 0 Å². The average molecular weight is 559 g/mol. The Morgan fingerprint density at radius 3 is 1.28 bits per heavy atom. The van der Waals surface area contributed by atoms with Crippen LogP contribution in [0.3, 0.4) is 0 Å². The maximum atomic E-state index is 6.26. The third kappa shape index (κ3) is 9.37. The predicted octanol–water partition coefficient (Wildman–Crippen LogP) is 6.19. The first-order valence-electron chi connectivity index (χ1n) is 8.90. The molecule has 4 rings (SSSR count). The summed E-state index contributed by atoms with van der Waals surface area (Å²) in [5.41, 5.74) is 16.5. The molecule has 0 unspecified atom stereocenters. The molecule has 5 heteroatoms. The van der Waals surface area contributed by atoms with Gasteiger partial charge in [-0.3, -0.25) is 0 Å². The molecular formula is C24H22IrN4-4. The number of aromatic nitrogens is 2. The molecule has 2 heterocycles. The number of benzene rings is 2. The van der Waals surface area contributed by atoms with Crippen molar-refractivity contribution in [1.82, 2.24) is 9.97 Å². The molecule has 0 aliphatic carbocycles. The van der Waals surface area contributed by atoms with E-state index in [-0.39, 0.29) is 33.2 Å². The molecule has 151 valence electrons. The van der Waals surface area contributed by atoms with Crippen molar-refractivity contribution in [2.75, 3.05) is 13.1 Å². The molecule has 2 aromatic heterocycles. The molecule has 0 aliphatic heterocycles. The molecule has 0 saturated heterocycles. The fourth-order valence-corrected chi connectivity index (χ4v) is 2.15. The standard InChI is InChI=1S/2C11H8N.C2H6N2.Ir/c2*1-2-6-10(7-3-1)11-8-4-5-9-12-11;3-1-2-4;/h2*1-6,8-9H;3-4H,1-2H2;/q2*-1;-2;. The van der Waals surface area contributed by atoms with Crippen LogP contribution in [0.5, 0.6) is 0 Å². The molecule has 1 radical (unpaired) electrons. The molecule has 2 N–H and O–H groups in total. The summed E-state index contributed by atoms with van der Waals surface area (Å²) in [6.45, 7) is 0.472. The fraction of sp³-hybridized carbons (Fsp3) is 0.0833. The molecule has 0 atom stereocenters. The van der Waals surface area contributed by atoms with Gasteiger partial charge < -0.3 is 21.4 Å². The normalized spacial score (nSPS) is 9.03. The first kappa shape index (κ1) is 24.3. The summed E-state index contributed by atoms with van der Waals surface area (Å²) in [7, 11) is 0. The van der Waals surface area contributed by atoms with E-state index in [1.807, 2.05) is 84.9 Å². The minimum atomic E-state index is 0. The van der Waals surface area contributed by atoms with E-state index in [1.165, 1.54) is 0 Å². The van der Waals surface area contributed by atoms with Crippen molar-refractivity contribution in [2.45, 2.75) is 0 Å². The first-order chi connectivity index (χ1) is 13.8. The molecule has 0 bridgehead atoms. The third-order valence-electron chi connectivity index (χ3n) is 3.42. The van der Waals surface area contributed by atoms with Gasteiger partial charge in [-0.2, -0.15) is 13.1 Å². The van der Waals surface area contributed by atoms with Crippen LogP contribution in [-0.4, -0.2) is 23.1 Å². The van der Waals surface area contributed by atoms with Gasteiger partial charge in [0.2, 0.25) is 0 Å². The number of pyridine rings is 2. The van der Waals surface area contributed by atoms with Crippen molar-refractivity contribution in [1.29, 1.82) is 0 Å². The SMILES string of the molecule is [Ir].[NH-]CC[NH-].[c-]1ccccc1-c1ccccn1.[c-]1ccccc1-c1ccccn1. The minimum absolute atomic E-state index is 0. The summed E-state index contributed by atoms with van der Waals surface area (Å²) < 4.78 is 0. The van der Waals surface area contributed by atoms with Gasteiger partial charge in [0.1, 0.15) is 0 Å². The summed E-state index contributed by atoms with van der Waals surface area (Å²) >= 11 is 0. The third-order valence-corrected chi connectivity index (χ3v) is 3.42. The molecule has 0 saturated carbocycles. The van der Waals surface area contributed by atoms with E-state index in [2.05, 4.69) is 22.1 Å². The quantitative estimate of drug-likeness (QED) is 0.282. The van der Waals surface area contributed by atoms with Crippen LogP contribution < -0.4 is 0 Å². The predicted molar refractivity (Wildman–Crippen MR) is 115 cm³/mol. The van der Waals surface area contributed by atoms with Crippen LogP contribution in [0.25, 0.3) is 34.0 Å². The summed E-state index contributed by atoms with van der Waals surface area (Å²) in [4.78, 5) is 8.44. The zero-order valence-corrected chi connectivity index (χ0v) is 18.3. The topological polar surface area (TPSA) is 73.4 Å². The van der Waals surface area contributed by atoms with Crippen LogP contribution >= 0.6 is 0 Å². The molecule has 4 nitrogen and oxygen atoms in total. The van der Waals surface area contributed by atoms with Crippen molar-refractivity contribution in [3.05, 3.63) is 121 Å². The number of nitrogens with one attached hydrogen (secondary N) is 2. The zero-order chi connectivity index (χ0) is 19.9. The van der Waals surface area contributed by atoms with Gasteiger partial charge in [0.15, 0.2) is 0 Å². The van der Waals surface area contributed by atoms with E-state index < -0.39 is 0 Å². The summed E-state index contributed by atoms with van der Waals surface area (Å²) in [5, 5.41) is 0. The number of rotatable bonds is 3. The Kier molecular flexibility index (Phi) is 12.8. The van der Waals surface area contributed by atoms with Crippen LogP contribution in [-0.2, 0) is 20.1 Å². The molecule has 2 aromatic carbocycles. The van der Waals surface area contributed by atoms with E-state index in [0.717, 1.165) is 22.5 Å². The Morgan fingerprint density at radius 1 is 0.586 bits per heavy atom. The summed E-state index contributed by atoms with van der Waals surface area (Å²) in [5.74, 6) is 0. The van der Waals surface area contributed by atoms with Crippen molar-refractivity contribution in [3.63, 3.8) is 0 Å². The molecular weight excluding hydrogens is 537 g/mol. The molecule has 0 aliphatic rings. The van der Waals surface area contributed by atoms with Gasteiger partial charge in [-0.1, -0.05) is 24.3 Å². The first-order valence-corrected chi connectivity index (χ1v) is 8.90. The van der Waals surface area contributed by atoms with Crippen molar-refractivity contribution in [2.24, 2.45) is 0 Å². The number of nitrogens with zero attached hydrogens (tertiary/aromatic N) is 2. The van der Waals surface area contributed by atoms with Gasteiger partial charge in [-0.15, -0.1) is 71.8 Å². The van der Waals surface area contributed by atoms with Gasteiger partial charge in [-0.25, -0.2) is 0 Å². The zero-order valence-electron chi connectivity index (χ0n) is 15.9. The van der Waals surface area contributed by atoms with Crippen molar-refractivity contribution < 1.29 is 20.1 Å². The van der Waals surface area contributed by atoms with E-state index in [0.29, 0.717) is 0 Å². The molecule has 0 fully saturated rings. The smallest absolute Gasteiger partial charge is 0.0160 e. The van der Waals surface area contributed by atoms with Gasteiger partial charge in [0, 0.05) is 32.5 Å². The molecule has 29 heavy (non-hydrogen) atoms. The fourth-order valence-electron chi connectivity index (χ4n) is 2.15.